The second-order valence-electron chi connectivity index (χ2n) is 6.07. The monoisotopic (exact) mass is 289 g/mol. The zero-order valence-electron chi connectivity index (χ0n) is 12.9. The molecule has 1 aromatic carbocycles. The molecule has 0 radical (unpaired) electrons. The molecule has 1 fully saturated rings. The summed E-state index contributed by atoms with van der Waals surface area (Å²) in [6.07, 6.45) is 4.67. The molecule has 2 heterocycles. The average Bonchev–Trinajstić information content (AvgIpc) is 2.55. The summed E-state index contributed by atoms with van der Waals surface area (Å²) in [4.78, 5) is 5.07. The Morgan fingerprint density at radius 1 is 1.10 bits per heavy atom. The molecule has 2 aliphatic rings. The van der Waals surface area contributed by atoms with Gasteiger partial charge < -0.3 is 15.4 Å². The lowest BCUT2D eigenvalue weighted by Gasteiger charge is -2.36. The maximum absolute atomic E-state index is 5.70. The minimum absolute atomic E-state index is 0.817. The van der Waals surface area contributed by atoms with Gasteiger partial charge in [0.05, 0.1) is 6.61 Å². The first-order valence-electron chi connectivity index (χ1n) is 8.30. The van der Waals surface area contributed by atoms with Gasteiger partial charge in [-0.15, -0.1) is 0 Å². The second-order valence-corrected chi connectivity index (χ2v) is 6.07. The van der Waals surface area contributed by atoms with Gasteiger partial charge in [0.15, 0.2) is 0 Å². The Morgan fingerprint density at radius 2 is 1.95 bits per heavy atom. The van der Waals surface area contributed by atoms with Gasteiger partial charge >= 0.3 is 0 Å². The molecule has 0 aliphatic carbocycles. The summed E-state index contributed by atoms with van der Waals surface area (Å²) in [7, 11) is 0. The lowest BCUT2D eigenvalue weighted by atomic mass is 10.0. The summed E-state index contributed by atoms with van der Waals surface area (Å²) in [5, 5.41) is 0. The van der Waals surface area contributed by atoms with Gasteiger partial charge in [-0.1, -0.05) is 0 Å². The lowest BCUT2D eigenvalue weighted by Crippen LogP contribution is -2.46. The molecule has 2 aliphatic heterocycles. The molecule has 0 bridgehead atoms. The van der Waals surface area contributed by atoms with E-state index in [1.54, 1.807) is 0 Å². The summed E-state index contributed by atoms with van der Waals surface area (Å²) >= 11 is 0. The van der Waals surface area contributed by atoms with Crippen LogP contribution in [-0.2, 0) is 6.42 Å². The Hall–Kier alpha value is -1.26. The van der Waals surface area contributed by atoms with E-state index in [-0.39, 0.29) is 0 Å². The third-order valence-electron chi connectivity index (χ3n) is 4.56. The second kappa shape index (κ2) is 7.14. The number of piperazine rings is 1. The van der Waals surface area contributed by atoms with Crippen LogP contribution in [0.3, 0.4) is 0 Å². The number of hydrogen-bond donors (Lipinski definition) is 1. The number of fused-ring (bicyclic) bond motifs is 1. The highest BCUT2D eigenvalue weighted by Gasteiger charge is 2.18. The Kier molecular flexibility index (Phi) is 4.99. The van der Waals surface area contributed by atoms with Crippen molar-refractivity contribution in [2.45, 2.75) is 25.7 Å². The highest BCUT2D eigenvalue weighted by atomic mass is 16.5. The zero-order chi connectivity index (χ0) is 14.5. The minimum atomic E-state index is 0.817. The summed E-state index contributed by atoms with van der Waals surface area (Å²) in [6.45, 7) is 7.47. The first kappa shape index (κ1) is 14.7. The summed E-state index contributed by atoms with van der Waals surface area (Å²) < 4.78 is 5.70. The first-order chi connectivity index (χ1) is 10.4. The fraction of sp³-hybridized carbons (Fsp3) is 0.647. The smallest absolute Gasteiger partial charge is 0.122 e. The van der Waals surface area contributed by atoms with Crippen molar-refractivity contribution in [2.75, 3.05) is 50.8 Å². The normalized spacial score (nSPS) is 19.2. The summed E-state index contributed by atoms with van der Waals surface area (Å²) in [5.74, 6) is 1.09. The van der Waals surface area contributed by atoms with E-state index in [4.69, 9.17) is 10.5 Å². The van der Waals surface area contributed by atoms with E-state index >= 15 is 0 Å². The number of aryl methyl sites for hydroxylation is 1. The number of nitrogens with zero attached hydrogens (tertiary/aromatic N) is 2. The summed E-state index contributed by atoms with van der Waals surface area (Å²) in [6, 6.07) is 6.70. The highest BCUT2D eigenvalue weighted by molar-refractivity contribution is 5.54. The third kappa shape index (κ3) is 3.69. The SMILES string of the molecule is NCCCCN1CCN(c2ccc3c(c2)CCCO3)CC1. The van der Waals surface area contributed by atoms with Gasteiger partial charge in [-0.2, -0.15) is 0 Å². The van der Waals surface area contributed by atoms with Crippen LogP contribution in [0.4, 0.5) is 5.69 Å². The lowest BCUT2D eigenvalue weighted by molar-refractivity contribution is 0.253. The number of anilines is 1. The molecule has 0 amide bonds. The topological polar surface area (TPSA) is 41.7 Å². The van der Waals surface area contributed by atoms with Crippen LogP contribution in [0.1, 0.15) is 24.8 Å². The van der Waals surface area contributed by atoms with Crippen molar-refractivity contribution in [3.8, 4) is 5.75 Å². The highest BCUT2D eigenvalue weighted by Crippen LogP contribution is 2.29. The molecule has 4 nitrogen and oxygen atoms in total. The molecule has 0 unspecified atom stereocenters. The maximum atomic E-state index is 5.70. The summed E-state index contributed by atoms with van der Waals surface area (Å²) in [5.41, 5.74) is 8.30. The molecule has 1 aromatic rings. The number of nitrogens with two attached hydrogens (primary N) is 1. The van der Waals surface area contributed by atoms with Crippen molar-refractivity contribution < 1.29 is 4.74 Å². The fourth-order valence-corrected chi connectivity index (χ4v) is 3.25. The number of unbranched alkanes of at least 4 members (excludes halogenated alkanes) is 1. The Bertz CT molecular complexity index is 455. The molecule has 21 heavy (non-hydrogen) atoms. The first-order valence-corrected chi connectivity index (χ1v) is 8.30. The molecule has 4 heteroatoms. The largest absolute Gasteiger partial charge is 0.493 e. The van der Waals surface area contributed by atoms with Crippen LogP contribution >= 0.6 is 0 Å². The van der Waals surface area contributed by atoms with Crippen molar-refractivity contribution in [3.05, 3.63) is 23.8 Å². The van der Waals surface area contributed by atoms with E-state index in [1.165, 1.54) is 24.2 Å². The van der Waals surface area contributed by atoms with Gasteiger partial charge in [-0.3, -0.25) is 4.90 Å². The van der Waals surface area contributed by atoms with Crippen LogP contribution in [0.5, 0.6) is 5.75 Å². The zero-order valence-corrected chi connectivity index (χ0v) is 12.9. The number of rotatable bonds is 5. The Morgan fingerprint density at radius 3 is 2.76 bits per heavy atom. The van der Waals surface area contributed by atoms with Gasteiger partial charge in [-0.05, 0) is 62.5 Å². The fourth-order valence-electron chi connectivity index (χ4n) is 3.25. The molecule has 1 saturated heterocycles. The van der Waals surface area contributed by atoms with E-state index in [1.807, 2.05) is 0 Å². The van der Waals surface area contributed by atoms with Crippen molar-refractivity contribution in [3.63, 3.8) is 0 Å². The number of benzene rings is 1. The molecule has 2 N–H and O–H groups in total. The molecular formula is C17H27N3O. The van der Waals surface area contributed by atoms with Crippen LogP contribution < -0.4 is 15.4 Å². The molecule has 116 valence electrons. The Labute approximate surface area is 127 Å². The van der Waals surface area contributed by atoms with Crippen molar-refractivity contribution in [1.82, 2.24) is 4.90 Å². The minimum Gasteiger partial charge on any atom is -0.493 e. The van der Waals surface area contributed by atoms with Gasteiger partial charge in [0.2, 0.25) is 0 Å². The number of ether oxygens (including phenoxy) is 1. The van der Waals surface area contributed by atoms with Crippen molar-refractivity contribution >= 4 is 5.69 Å². The Balaban J connectivity index is 1.54. The van der Waals surface area contributed by atoms with Gasteiger partial charge in [-0.25, -0.2) is 0 Å². The predicted molar refractivity (Wildman–Crippen MR) is 87.2 cm³/mol. The van der Waals surface area contributed by atoms with Crippen LogP contribution in [0, 0.1) is 0 Å². The van der Waals surface area contributed by atoms with E-state index in [9.17, 15) is 0 Å². The van der Waals surface area contributed by atoms with Crippen LogP contribution in [0.25, 0.3) is 0 Å². The van der Waals surface area contributed by atoms with Crippen LogP contribution in [0.15, 0.2) is 18.2 Å². The molecule has 0 aromatic heterocycles. The van der Waals surface area contributed by atoms with Crippen molar-refractivity contribution in [1.29, 1.82) is 0 Å². The van der Waals surface area contributed by atoms with E-state index < -0.39 is 0 Å². The molecular weight excluding hydrogens is 262 g/mol. The molecule has 0 saturated carbocycles. The number of hydrogen-bond acceptors (Lipinski definition) is 4. The van der Waals surface area contributed by atoms with E-state index in [0.717, 1.165) is 64.3 Å². The van der Waals surface area contributed by atoms with Gasteiger partial charge in [0.25, 0.3) is 0 Å². The average molecular weight is 289 g/mol. The van der Waals surface area contributed by atoms with Crippen LogP contribution in [-0.4, -0.2) is 50.8 Å². The standard InChI is InChI=1S/C17H27N3O/c18-7-1-2-8-19-9-11-20(12-10-19)16-5-6-17-15(14-16)4-3-13-21-17/h5-6,14H,1-4,7-13,18H2. The van der Waals surface area contributed by atoms with E-state index in [0.29, 0.717) is 0 Å². The van der Waals surface area contributed by atoms with Gasteiger partial charge in [0.1, 0.15) is 5.75 Å². The van der Waals surface area contributed by atoms with E-state index in [2.05, 4.69) is 28.0 Å². The van der Waals surface area contributed by atoms with Gasteiger partial charge in [0, 0.05) is 31.9 Å². The molecule has 3 rings (SSSR count). The maximum Gasteiger partial charge on any atom is 0.122 e. The van der Waals surface area contributed by atoms with Crippen LogP contribution in [0.2, 0.25) is 0 Å². The third-order valence-corrected chi connectivity index (χ3v) is 4.56. The predicted octanol–water partition coefficient (Wildman–Crippen LogP) is 1.87. The molecule has 0 spiro atoms. The quantitative estimate of drug-likeness (QED) is 0.840. The van der Waals surface area contributed by atoms with Crippen molar-refractivity contribution in [2.24, 2.45) is 5.73 Å². The molecule has 0 atom stereocenters.